The van der Waals surface area contributed by atoms with Crippen molar-refractivity contribution in [3.05, 3.63) is 97.1 Å². The molecule has 0 radical (unpaired) electrons. The van der Waals surface area contributed by atoms with Gasteiger partial charge in [0, 0.05) is 48.3 Å². The minimum absolute atomic E-state index is 0.139. The van der Waals surface area contributed by atoms with Crippen LogP contribution in [0.2, 0.25) is 0 Å². The molecule has 6 nitrogen and oxygen atoms in total. The van der Waals surface area contributed by atoms with Gasteiger partial charge in [0.15, 0.2) is 0 Å². The van der Waals surface area contributed by atoms with Crippen molar-refractivity contribution >= 4 is 11.6 Å². The monoisotopic (exact) mass is 343 g/mol. The van der Waals surface area contributed by atoms with E-state index in [-0.39, 0.29) is 5.91 Å². The van der Waals surface area contributed by atoms with Crippen molar-refractivity contribution < 1.29 is 4.79 Å². The number of aromatic nitrogens is 4. The van der Waals surface area contributed by atoms with Crippen LogP contribution < -0.4 is 5.32 Å². The van der Waals surface area contributed by atoms with Crippen LogP contribution >= 0.6 is 0 Å². The standard InChI is InChI=1S/C20H17N5O/c26-20(17-4-1-3-16(11-17)13-24-9-7-21-14-24)23-18-5-2-6-19(12-18)25-10-8-22-15-25/h1-12,14-15H,13H2,(H,23,26). The van der Waals surface area contributed by atoms with E-state index in [4.69, 9.17) is 0 Å². The van der Waals surface area contributed by atoms with Gasteiger partial charge < -0.3 is 14.5 Å². The number of hydrogen-bond acceptors (Lipinski definition) is 3. The largest absolute Gasteiger partial charge is 0.333 e. The Hall–Kier alpha value is -3.67. The highest BCUT2D eigenvalue weighted by Gasteiger charge is 2.08. The summed E-state index contributed by atoms with van der Waals surface area (Å²) in [6, 6.07) is 15.2. The molecule has 128 valence electrons. The van der Waals surface area contributed by atoms with E-state index in [9.17, 15) is 4.79 Å². The lowest BCUT2D eigenvalue weighted by molar-refractivity contribution is 0.102. The highest BCUT2D eigenvalue weighted by atomic mass is 16.1. The second-order valence-electron chi connectivity index (χ2n) is 5.91. The van der Waals surface area contributed by atoms with Gasteiger partial charge in [-0.1, -0.05) is 18.2 Å². The Morgan fingerprint density at radius 1 is 0.962 bits per heavy atom. The molecule has 0 aliphatic carbocycles. The highest BCUT2D eigenvalue weighted by Crippen LogP contribution is 2.16. The zero-order chi connectivity index (χ0) is 17.8. The fourth-order valence-electron chi connectivity index (χ4n) is 2.76. The van der Waals surface area contributed by atoms with Crippen LogP contribution in [0.5, 0.6) is 0 Å². The van der Waals surface area contributed by atoms with Crippen LogP contribution in [0.3, 0.4) is 0 Å². The number of amides is 1. The van der Waals surface area contributed by atoms with Gasteiger partial charge in [0.25, 0.3) is 5.91 Å². The Labute approximate surface area is 150 Å². The van der Waals surface area contributed by atoms with Crippen molar-refractivity contribution in [2.75, 3.05) is 5.32 Å². The lowest BCUT2D eigenvalue weighted by Crippen LogP contribution is -2.12. The summed E-state index contributed by atoms with van der Waals surface area (Å²) in [6.45, 7) is 0.678. The number of imidazole rings is 2. The SMILES string of the molecule is O=C(Nc1cccc(-n2ccnc2)c1)c1cccc(Cn2ccnc2)c1. The zero-order valence-corrected chi connectivity index (χ0v) is 14.0. The molecule has 0 saturated carbocycles. The normalized spacial score (nSPS) is 10.6. The summed E-state index contributed by atoms with van der Waals surface area (Å²) in [4.78, 5) is 20.7. The van der Waals surface area contributed by atoms with Crippen molar-refractivity contribution in [3.8, 4) is 5.69 Å². The Morgan fingerprint density at radius 3 is 2.62 bits per heavy atom. The van der Waals surface area contributed by atoms with Gasteiger partial charge in [0.2, 0.25) is 0 Å². The van der Waals surface area contributed by atoms with E-state index in [1.165, 1.54) is 0 Å². The summed E-state index contributed by atoms with van der Waals surface area (Å²) in [7, 11) is 0. The zero-order valence-electron chi connectivity index (χ0n) is 14.0. The van der Waals surface area contributed by atoms with Gasteiger partial charge in [0.05, 0.1) is 12.7 Å². The molecule has 0 atom stereocenters. The van der Waals surface area contributed by atoms with Gasteiger partial charge in [-0.25, -0.2) is 9.97 Å². The smallest absolute Gasteiger partial charge is 0.255 e. The van der Waals surface area contributed by atoms with E-state index < -0.39 is 0 Å². The highest BCUT2D eigenvalue weighted by molar-refractivity contribution is 6.04. The summed E-state index contributed by atoms with van der Waals surface area (Å²) in [5, 5.41) is 2.95. The van der Waals surface area contributed by atoms with Gasteiger partial charge in [-0.3, -0.25) is 4.79 Å². The Morgan fingerprint density at radius 2 is 1.81 bits per heavy atom. The summed E-state index contributed by atoms with van der Waals surface area (Å²) in [5.74, 6) is -0.139. The van der Waals surface area contributed by atoms with Crippen molar-refractivity contribution in [1.82, 2.24) is 19.1 Å². The lowest BCUT2D eigenvalue weighted by Gasteiger charge is -2.09. The first-order valence-electron chi connectivity index (χ1n) is 8.22. The Bertz CT molecular complexity index is 1010. The maximum atomic E-state index is 12.6. The first-order valence-corrected chi connectivity index (χ1v) is 8.22. The van der Waals surface area contributed by atoms with E-state index in [2.05, 4.69) is 15.3 Å². The molecule has 0 saturated heterocycles. The predicted molar refractivity (Wildman–Crippen MR) is 99.3 cm³/mol. The van der Waals surface area contributed by atoms with E-state index in [0.717, 1.165) is 16.9 Å². The number of nitrogens with zero attached hydrogens (tertiary/aromatic N) is 4. The van der Waals surface area contributed by atoms with Gasteiger partial charge in [-0.15, -0.1) is 0 Å². The number of anilines is 1. The minimum Gasteiger partial charge on any atom is -0.333 e. The molecule has 4 aromatic rings. The van der Waals surface area contributed by atoms with Gasteiger partial charge in [0.1, 0.15) is 0 Å². The van der Waals surface area contributed by atoms with Crippen LogP contribution in [0.1, 0.15) is 15.9 Å². The average Bonchev–Trinajstić information content (AvgIpc) is 3.36. The summed E-state index contributed by atoms with van der Waals surface area (Å²) in [6.07, 6.45) is 10.7. The molecule has 1 N–H and O–H groups in total. The second-order valence-corrected chi connectivity index (χ2v) is 5.91. The first-order chi connectivity index (χ1) is 12.8. The van der Waals surface area contributed by atoms with Crippen molar-refractivity contribution in [2.24, 2.45) is 0 Å². The molecule has 0 bridgehead atoms. The molecule has 0 fully saturated rings. The molecular weight excluding hydrogens is 326 g/mol. The molecule has 6 heteroatoms. The summed E-state index contributed by atoms with van der Waals surface area (Å²) < 4.78 is 3.85. The number of carbonyl (C=O) groups excluding carboxylic acids is 1. The third-order valence-corrected chi connectivity index (χ3v) is 4.02. The number of carbonyl (C=O) groups is 1. The minimum atomic E-state index is -0.139. The number of hydrogen-bond donors (Lipinski definition) is 1. The summed E-state index contributed by atoms with van der Waals surface area (Å²) >= 11 is 0. The Balaban J connectivity index is 1.51. The van der Waals surface area contributed by atoms with Gasteiger partial charge >= 0.3 is 0 Å². The topological polar surface area (TPSA) is 64.7 Å². The molecule has 0 unspecified atom stereocenters. The van der Waals surface area contributed by atoms with E-state index in [0.29, 0.717) is 12.1 Å². The lowest BCUT2D eigenvalue weighted by atomic mass is 10.1. The first kappa shape index (κ1) is 15.8. The van der Waals surface area contributed by atoms with Crippen LogP contribution in [0, 0.1) is 0 Å². The molecular formula is C20H17N5O. The summed E-state index contributed by atoms with van der Waals surface area (Å²) in [5.41, 5.74) is 3.34. The second kappa shape index (κ2) is 7.06. The number of rotatable bonds is 5. The van der Waals surface area contributed by atoms with Crippen LogP contribution in [0.15, 0.2) is 86.0 Å². The van der Waals surface area contributed by atoms with Crippen LogP contribution in [0.25, 0.3) is 5.69 Å². The van der Waals surface area contributed by atoms with E-state index in [1.807, 2.05) is 70.1 Å². The molecule has 4 rings (SSSR count). The van der Waals surface area contributed by atoms with Crippen LogP contribution in [-0.2, 0) is 6.54 Å². The molecule has 0 spiro atoms. The fourth-order valence-corrected chi connectivity index (χ4v) is 2.76. The van der Waals surface area contributed by atoms with Crippen molar-refractivity contribution in [3.63, 3.8) is 0 Å². The third kappa shape index (κ3) is 3.54. The quantitative estimate of drug-likeness (QED) is 0.604. The molecule has 2 aromatic carbocycles. The molecule has 26 heavy (non-hydrogen) atoms. The molecule has 2 heterocycles. The third-order valence-electron chi connectivity index (χ3n) is 4.02. The van der Waals surface area contributed by atoms with E-state index >= 15 is 0 Å². The number of benzene rings is 2. The van der Waals surface area contributed by atoms with Crippen molar-refractivity contribution in [1.29, 1.82) is 0 Å². The average molecular weight is 343 g/mol. The maximum Gasteiger partial charge on any atom is 0.255 e. The van der Waals surface area contributed by atoms with Gasteiger partial charge in [-0.2, -0.15) is 0 Å². The van der Waals surface area contributed by atoms with Crippen LogP contribution in [-0.4, -0.2) is 25.0 Å². The maximum absolute atomic E-state index is 12.6. The number of nitrogens with one attached hydrogen (secondary N) is 1. The van der Waals surface area contributed by atoms with Crippen LogP contribution in [0.4, 0.5) is 5.69 Å². The van der Waals surface area contributed by atoms with E-state index in [1.54, 1.807) is 25.0 Å². The van der Waals surface area contributed by atoms with Gasteiger partial charge in [-0.05, 0) is 35.9 Å². The van der Waals surface area contributed by atoms with Crippen molar-refractivity contribution in [2.45, 2.75) is 6.54 Å². The predicted octanol–water partition coefficient (Wildman–Crippen LogP) is 3.37. The molecule has 0 aliphatic rings. The fraction of sp³-hybridized carbons (Fsp3) is 0.0500. The molecule has 2 aromatic heterocycles. The molecule has 1 amide bonds. The molecule has 0 aliphatic heterocycles. The Kier molecular flexibility index (Phi) is 4.30.